The summed E-state index contributed by atoms with van der Waals surface area (Å²) in [6.07, 6.45) is 0.0864. The van der Waals surface area contributed by atoms with Crippen LogP contribution in [0.5, 0.6) is 0 Å². The molecule has 78 valence electrons. The minimum Gasteiger partial charge on any atom is -0.394 e. The second kappa shape index (κ2) is 5.78. The SMILES string of the molecule is CC(C)C(OCCO)c1ccccc1. The molecule has 1 aromatic carbocycles. The Morgan fingerprint density at radius 2 is 1.86 bits per heavy atom. The minimum absolute atomic E-state index is 0.0794. The van der Waals surface area contributed by atoms with Crippen LogP contribution in [0.25, 0.3) is 0 Å². The van der Waals surface area contributed by atoms with E-state index in [9.17, 15) is 0 Å². The number of hydrogen-bond acceptors (Lipinski definition) is 2. The molecule has 1 atom stereocenters. The number of rotatable bonds is 5. The quantitative estimate of drug-likeness (QED) is 0.780. The molecule has 0 aromatic heterocycles. The second-order valence-corrected chi connectivity index (χ2v) is 3.67. The van der Waals surface area contributed by atoms with Crippen LogP contribution >= 0.6 is 0 Å². The highest BCUT2D eigenvalue weighted by atomic mass is 16.5. The Bertz CT molecular complexity index is 244. The predicted octanol–water partition coefficient (Wildman–Crippen LogP) is 2.39. The van der Waals surface area contributed by atoms with Gasteiger partial charge in [0.05, 0.1) is 19.3 Å². The molecule has 1 rings (SSSR count). The lowest BCUT2D eigenvalue weighted by molar-refractivity contribution is 0.00167. The van der Waals surface area contributed by atoms with Crippen LogP contribution in [0.15, 0.2) is 30.3 Å². The van der Waals surface area contributed by atoms with E-state index in [0.717, 1.165) is 0 Å². The molecule has 2 heteroatoms. The third kappa shape index (κ3) is 3.13. The lowest BCUT2D eigenvalue weighted by atomic mass is 9.99. The number of aliphatic hydroxyl groups is 1. The Labute approximate surface area is 85.5 Å². The molecule has 1 unspecified atom stereocenters. The number of benzene rings is 1. The van der Waals surface area contributed by atoms with Gasteiger partial charge in [-0.3, -0.25) is 0 Å². The van der Waals surface area contributed by atoms with E-state index < -0.39 is 0 Å². The molecule has 0 bridgehead atoms. The highest BCUT2D eigenvalue weighted by Gasteiger charge is 2.15. The van der Waals surface area contributed by atoms with Crippen LogP contribution in [-0.4, -0.2) is 18.3 Å². The zero-order valence-corrected chi connectivity index (χ0v) is 8.81. The Morgan fingerprint density at radius 3 is 2.36 bits per heavy atom. The number of aliphatic hydroxyl groups excluding tert-OH is 1. The summed E-state index contributed by atoms with van der Waals surface area (Å²) < 4.78 is 5.59. The maximum absolute atomic E-state index is 8.72. The number of ether oxygens (including phenoxy) is 1. The van der Waals surface area contributed by atoms with E-state index in [1.54, 1.807) is 0 Å². The van der Waals surface area contributed by atoms with Crippen molar-refractivity contribution in [1.82, 2.24) is 0 Å². The summed E-state index contributed by atoms with van der Waals surface area (Å²) in [7, 11) is 0. The van der Waals surface area contributed by atoms with Crippen molar-refractivity contribution >= 4 is 0 Å². The van der Waals surface area contributed by atoms with Gasteiger partial charge < -0.3 is 9.84 Å². The summed E-state index contributed by atoms with van der Waals surface area (Å²) in [5.41, 5.74) is 1.18. The van der Waals surface area contributed by atoms with Crippen molar-refractivity contribution in [2.75, 3.05) is 13.2 Å². The van der Waals surface area contributed by atoms with Crippen molar-refractivity contribution in [2.24, 2.45) is 5.92 Å². The molecule has 0 aliphatic heterocycles. The molecule has 0 spiro atoms. The molecular weight excluding hydrogens is 176 g/mol. The zero-order chi connectivity index (χ0) is 10.4. The predicted molar refractivity (Wildman–Crippen MR) is 57.1 cm³/mol. The molecule has 0 saturated heterocycles. The largest absolute Gasteiger partial charge is 0.394 e. The van der Waals surface area contributed by atoms with Crippen molar-refractivity contribution in [3.05, 3.63) is 35.9 Å². The van der Waals surface area contributed by atoms with Gasteiger partial charge in [0.25, 0.3) is 0 Å². The summed E-state index contributed by atoms with van der Waals surface area (Å²) in [4.78, 5) is 0. The van der Waals surface area contributed by atoms with Gasteiger partial charge in [-0.2, -0.15) is 0 Å². The van der Waals surface area contributed by atoms with E-state index in [1.165, 1.54) is 5.56 Å². The van der Waals surface area contributed by atoms with E-state index in [2.05, 4.69) is 26.0 Å². The average molecular weight is 194 g/mol. The summed E-state index contributed by atoms with van der Waals surface area (Å²) in [6, 6.07) is 10.1. The van der Waals surface area contributed by atoms with Crippen LogP contribution in [0.4, 0.5) is 0 Å². The normalized spacial score (nSPS) is 13.1. The fourth-order valence-corrected chi connectivity index (χ4v) is 1.50. The van der Waals surface area contributed by atoms with Crippen LogP contribution in [0, 0.1) is 5.92 Å². The third-order valence-corrected chi connectivity index (χ3v) is 2.12. The second-order valence-electron chi connectivity index (χ2n) is 3.67. The molecule has 1 aromatic rings. The van der Waals surface area contributed by atoms with Gasteiger partial charge in [0, 0.05) is 0 Å². The summed E-state index contributed by atoms with van der Waals surface area (Å²) in [6.45, 7) is 4.72. The van der Waals surface area contributed by atoms with Crippen molar-refractivity contribution < 1.29 is 9.84 Å². The first-order chi connectivity index (χ1) is 6.75. The average Bonchev–Trinajstić information content (AvgIpc) is 2.19. The highest BCUT2D eigenvalue weighted by Crippen LogP contribution is 2.24. The molecule has 0 fully saturated rings. The van der Waals surface area contributed by atoms with E-state index in [0.29, 0.717) is 12.5 Å². The Hall–Kier alpha value is -0.860. The van der Waals surface area contributed by atoms with Crippen molar-refractivity contribution in [3.63, 3.8) is 0 Å². The van der Waals surface area contributed by atoms with Crippen LogP contribution in [0.3, 0.4) is 0 Å². The maximum Gasteiger partial charge on any atom is 0.0848 e. The van der Waals surface area contributed by atoms with Gasteiger partial charge in [-0.1, -0.05) is 44.2 Å². The molecule has 14 heavy (non-hydrogen) atoms. The van der Waals surface area contributed by atoms with Gasteiger partial charge in [-0.15, -0.1) is 0 Å². The Morgan fingerprint density at radius 1 is 1.21 bits per heavy atom. The standard InChI is InChI=1S/C12H18O2/c1-10(2)12(14-9-8-13)11-6-4-3-5-7-11/h3-7,10,12-13H,8-9H2,1-2H3. The van der Waals surface area contributed by atoms with Gasteiger partial charge >= 0.3 is 0 Å². The molecule has 0 aliphatic carbocycles. The van der Waals surface area contributed by atoms with Gasteiger partial charge in [0.15, 0.2) is 0 Å². The van der Waals surface area contributed by atoms with Crippen molar-refractivity contribution in [2.45, 2.75) is 20.0 Å². The van der Waals surface area contributed by atoms with E-state index in [1.807, 2.05) is 18.2 Å². The van der Waals surface area contributed by atoms with Crippen LogP contribution in [0.2, 0.25) is 0 Å². The van der Waals surface area contributed by atoms with Crippen LogP contribution < -0.4 is 0 Å². The van der Waals surface area contributed by atoms with Gasteiger partial charge in [0.2, 0.25) is 0 Å². The molecule has 0 aliphatic rings. The van der Waals surface area contributed by atoms with Crippen LogP contribution in [0.1, 0.15) is 25.5 Å². The Kier molecular flexibility index (Phi) is 4.63. The monoisotopic (exact) mass is 194 g/mol. The minimum atomic E-state index is 0.0794. The fraction of sp³-hybridized carbons (Fsp3) is 0.500. The van der Waals surface area contributed by atoms with E-state index >= 15 is 0 Å². The number of hydrogen-bond donors (Lipinski definition) is 1. The van der Waals surface area contributed by atoms with Crippen molar-refractivity contribution in [1.29, 1.82) is 0 Å². The van der Waals surface area contributed by atoms with Gasteiger partial charge in [0.1, 0.15) is 0 Å². The third-order valence-electron chi connectivity index (χ3n) is 2.12. The van der Waals surface area contributed by atoms with Gasteiger partial charge in [-0.25, -0.2) is 0 Å². The zero-order valence-electron chi connectivity index (χ0n) is 8.81. The lowest BCUT2D eigenvalue weighted by Crippen LogP contribution is -2.13. The van der Waals surface area contributed by atoms with E-state index in [4.69, 9.17) is 9.84 Å². The fourth-order valence-electron chi connectivity index (χ4n) is 1.50. The summed E-state index contributed by atoms with van der Waals surface area (Å²) in [5.74, 6) is 0.420. The smallest absolute Gasteiger partial charge is 0.0848 e. The summed E-state index contributed by atoms with van der Waals surface area (Å²) in [5, 5.41) is 8.72. The van der Waals surface area contributed by atoms with Crippen molar-refractivity contribution in [3.8, 4) is 0 Å². The van der Waals surface area contributed by atoms with E-state index in [-0.39, 0.29) is 12.7 Å². The Balaban J connectivity index is 2.68. The first kappa shape index (κ1) is 11.2. The topological polar surface area (TPSA) is 29.5 Å². The molecule has 0 heterocycles. The molecule has 1 N–H and O–H groups in total. The molecule has 0 radical (unpaired) electrons. The summed E-state index contributed by atoms with van der Waals surface area (Å²) >= 11 is 0. The first-order valence-electron chi connectivity index (χ1n) is 5.03. The van der Waals surface area contributed by atoms with Gasteiger partial charge in [-0.05, 0) is 11.5 Å². The molecule has 0 amide bonds. The highest BCUT2D eigenvalue weighted by molar-refractivity contribution is 5.17. The molecular formula is C12H18O2. The molecule has 2 nitrogen and oxygen atoms in total. The lowest BCUT2D eigenvalue weighted by Gasteiger charge is -2.21. The maximum atomic E-state index is 8.72. The van der Waals surface area contributed by atoms with Crippen LogP contribution in [-0.2, 0) is 4.74 Å². The first-order valence-corrected chi connectivity index (χ1v) is 5.03. The molecule has 0 saturated carbocycles.